The molecule has 4 nitrogen and oxygen atoms in total. The van der Waals surface area contributed by atoms with Crippen molar-refractivity contribution in [3.05, 3.63) is 35.9 Å². The van der Waals surface area contributed by atoms with Gasteiger partial charge in [-0.1, -0.05) is 30.3 Å². The number of amides is 1. The maximum absolute atomic E-state index is 12.6. The molecule has 4 rings (SSSR count). The van der Waals surface area contributed by atoms with Crippen molar-refractivity contribution in [2.24, 2.45) is 11.3 Å². The SMILES string of the molecule is CC(c1ccccc1)N1CCC(NC(=O)C2CC23CCNCC3)CC1.Cl.Cl. The minimum atomic E-state index is 0. The van der Waals surface area contributed by atoms with Crippen LogP contribution in [0.5, 0.6) is 0 Å². The monoisotopic (exact) mass is 413 g/mol. The number of carbonyl (C=O) groups excluding carboxylic acids is 1. The fraction of sp³-hybridized carbons (Fsp3) is 0.667. The molecule has 0 aromatic heterocycles. The number of hydrogen-bond donors (Lipinski definition) is 2. The van der Waals surface area contributed by atoms with Gasteiger partial charge in [-0.15, -0.1) is 24.8 Å². The summed E-state index contributed by atoms with van der Waals surface area (Å²) < 4.78 is 0. The number of benzene rings is 1. The van der Waals surface area contributed by atoms with Gasteiger partial charge in [0, 0.05) is 31.1 Å². The third kappa shape index (κ3) is 4.97. The quantitative estimate of drug-likeness (QED) is 0.792. The third-order valence-corrected chi connectivity index (χ3v) is 6.81. The first-order valence-electron chi connectivity index (χ1n) is 9.98. The zero-order valence-electron chi connectivity index (χ0n) is 16.2. The molecule has 27 heavy (non-hydrogen) atoms. The Morgan fingerprint density at radius 1 is 1.15 bits per heavy atom. The van der Waals surface area contributed by atoms with Crippen LogP contribution >= 0.6 is 24.8 Å². The zero-order valence-corrected chi connectivity index (χ0v) is 17.8. The van der Waals surface area contributed by atoms with Gasteiger partial charge in [-0.3, -0.25) is 9.69 Å². The second-order valence-electron chi connectivity index (χ2n) is 8.27. The fourth-order valence-corrected chi connectivity index (χ4v) is 4.87. The van der Waals surface area contributed by atoms with Crippen molar-refractivity contribution in [2.45, 2.75) is 51.1 Å². The summed E-state index contributed by atoms with van der Waals surface area (Å²) in [6.45, 7) is 6.60. The highest BCUT2D eigenvalue weighted by Crippen LogP contribution is 2.58. The first-order chi connectivity index (χ1) is 12.2. The largest absolute Gasteiger partial charge is 0.353 e. The van der Waals surface area contributed by atoms with Crippen LogP contribution in [0.2, 0.25) is 0 Å². The second kappa shape index (κ2) is 9.60. The predicted molar refractivity (Wildman–Crippen MR) is 115 cm³/mol. The first kappa shape index (κ1) is 22.5. The van der Waals surface area contributed by atoms with E-state index in [0.29, 0.717) is 23.4 Å². The zero-order chi connectivity index (χ0) is 17.3. The fourth-order valence-electron chi connectivity index (χ4n) is 4.87. The molecule has 2 unspecified atom stereocenters. The molecule has 1 amide bonds. The van der Waals surface area contributed by atoms with Crippen LogP contribution in [0.15, 0.2) is 30.3 Å². The molecule has 0 bridgehead atoms. The van der Waals surface area contributed by atoms with Crippen LogP contribution in [0.3, 0.4) is 0 Å². The van der Waals surface area contributed by atoms with E-state index in [0.717, 1.165) is 45.4 Å². The normalized spacial score (nSPS) is 25.7. The average Bonchev–Trinajstić information content (AvgIpc) is 3.36. The Kier molecular flexibility index (Phi) is 7.99. The van der Waals surface area contributed by atoms with Crippen LogP contribution in [-0.4, -0.2) is 43.0 Å². The Morgan fingerprint density at radius 3 is 2.41 bits per heavy atom. The summed E-state index contributed by atoms with van der Waals surface area (Å²) in [5.74, 6) is 0.618. The minimum Gasteiger partial charge on any atom is -0.353 e. The molecule has 1 aliphatic carbocycles. The van der Waals surface area contributed by atoms with Crippen LogP contribution in [0.4, 0.5) is 0 Å². The lowest BCUT2D eigenvalue weighted by Crippen LogP contribution is -2.46. The van der Waals surface area contributed by atoms with Gasteiger partial charge in [-0.25, -0.2) is 0 Å². The Bertz CT molecular complexity index is 599. The molecule has 3 fully saturated rings. The summed E-state index contributed by atoms with van der Waals surface area (Å²) in [7, 11) is 0. The molecule has 0 radical (unpaired) electrons. The lowest BCUT2D eigenvalue weighted by atomic mass is 9.91. The van der Waals surface area contributed by atoms with Crippen molar-refractivity contribution < 1.29 is 4.79 Å². The Morgan fingerprint density at radius 2 is 1.78 bits per heavy atom. The number of halogens is 2. The number of rotatable bonds is 4. The average molecular weight is 414 g/mol. The van der Waals surface area contributed by atoms with E-state index in [-0.39, 0.29) is 30.7 Å². The highest BCUT2D eigenvalue weighted by Gasteiger charge is 2.57. The minimum absolute atomic E-state index is 0. The Labute approximate surface area is 175 Å². The summed E-state index contributed by atoms with van der Waals surface area (Å²) in [5, 5.41) is 6.78. The molecule has 6 heteroatoms. The van der Waals surface area contributed by atoms with Crippen LogP contribution in [0, 0.1) is 11.3 Å². The molecule has 152 valence electrons. The number of likely N-dealkylation sites (tertiary alicyclic amines) is 1. The highest BCUT2D eigenvalue weighted by molar-refractivity contribution is 5.85. The lowest BCUT2D eigenvalue weighted by Gasteiger charge is -2.36. The van der Waals surface area contributed by atoms with Crippen LogP contribution in [-0.2, 0) is 4.79 Å². The predicted octanol–water partition coefficient (Wildman–Crippen LogP) is 3.56. The highest BCUT2D eigenvalue weighted by atomic mass is 35.5. The molecule has 1 aromatic carbocycles. The molecule has 2 aliphatic heterocycles. The summed E-state index contributed by atoms with van der Waals surface area (Å²) in [6, 6.07) is 11.6. The van der Waals surface area contributed by atoms with Gasteiger partial charge in [0.15, 0.2) is 0 Å². The van der Waals surface area contributed by atoms with Crippen LogP contribution < -0.4 is 10.6 Å². The van der Waals surface area contributed by atoms with Crippen molar-refractivity contribution in [1.82, 2.24) is 15.5 Å². The van der Waals surface area contributed by atoms with Gasteiger partial charge in [0.2, 0.25) is 5.91 Å². The summed E-state index contributed by atoms with van der Waals surface area (Å²) in [5.41, 5.74) is 1.73. The van der Waals surface area contributed by atoms with E-state index >= 15 is 0 Å². The number of nitrogens with one attached hydrogen (secondary N) is 2. The molecule has 3 aliphatic rings. The lowest BCUT2D eigenvalue weighted by molar-refractivity contribution is -0.124. The number of nitrogens with zero attached hydrogens (tertiary/aromatic N) is 1. The van der Waals surface area contributed by atoms with Crippen LogP contribution in [0.1, 0.15) is 50.6 Å². The van der Waals surface area contributed by atoms with Gasteiger partial charge in [0.25, 0.3) is 0 Å². The molecule has 1 spiro atoms. The standard InChI is InChI=1S/C21H31N3O.2ClH/c1-16(17-5-3-2-4-6-17)24-13-7-18(8-14-24)23-20(25)19-15-21(19)9-11-22-12-10-21;;/h2-6,16,18-19,22H,7-15H2,1H3,(H,23,25);2*1H. The van der Waals surface area contributed by atoms with Crippen molar-refractivity contribution in [3.8, 4) is 0 Å². The van der Waals surface area contributed by atoms with Crippen molar-refractivity contribution >= 4 is 30.7 Å². The Hall–Kier alpha value is -0.810. The summed E-state index contributed by atoms with van der Waals surface area (Å²) >= 11 is 0. The molecule has 2 atom stereocenters. The molecule has 2 N–H and O–H groups in total. The number of piperidine rings is 2. The van der Waals surface area contributed by atoms with E-state index in [1.165, 1.54) is 18.4 Å². The van der Waals surface area contributed by atoms with Crippen molar-refractivity contribution in [3.63, 3.8) is 0 Å². The molecule has 2 saturated heterocycles. The van der Waals surface area contributed by atoms with Crippen LogP contribution in [0.25, 0.3) is 0 Å². The summed E-state index contributed by atoms with van der Waals surface area (Å²) in [6.07, 6.45) is 5.62. The molecular formula is C21H33Cl2N3O. The first-order valence-corrected chi connectivity index (χ1v) is 9.98. The van der Waals surface area contributed by atoms with Gasteiger partial charge in [-0.05, 0) is 63.1 Å². The molecule has 2 heterocycles. The second-order valence-corrected chi connectivity index (χ2v) is 8.27. The van der Waals surface area contributed by atoms with E-state index < -0.39 is 0 Å². The van der Waals surface area contributed by atoms with Gasteiger partial charge >= 0.3 is 0 Å². The summed E-state index contributed by atoms with van der Waals surface area (Å²) in [4.78, 5) is 15.2. The molecule has 1 saturated carbocycles. The van der Waals surface area contributed by atoms with E-state index in [9.17, 15) is 4.79 Å². The molecule has 1 aromatic rings. The van der Waals surface area contributed by atoms with E-state index in [4.69, 9.17) is 0 Å². The van der Waals surface area contributed by atoms with E-state index in [2.05, 4.69) is 52.8 Å². The maximum atomic E-state index is 12.6. The van der Waals surface area contributed by atoms with Crippen molar-refractivity contribution in [1.29, 1.82) is 0 Å². The topological polar surface area (TPSA) is 44.4 Å². The van der Waals surface area contributed by atoms with Crippen molar-refractivity contribution in [2.75, 3.05) is 26.2 Å². The Balaban J connectivity index is 0.00000131. The van der Waals surface area contributed by atoms with Gasteiger partial charge in [-0.2, -0.15) is 0 Å². The maximum Gasteiger partial charge on any atom is 0.223 e. The van der Waals surface area contributed by atoms with E-state index in [1.54, 1.807) is 0 Å². The number of carbonyl (C=O) groups is 1. The van der Waals surface area contributed by atoms with Gasteiger partial charge in [0.05, 0.1) is 0 Å². The smallest absolute Gasteiger partial charge is 0.223 e. The number of hydrogen-bond acceptors (Lipinski definition) is 3. The van der Waals surface area contributed by atoms with E-state index in [1.807, 2.05) is 0 Å². The van der Waals surface area contributed by atoms with Gasteiger partial charge in [0.1, 0.15) is 0 Å². The van der Waals surface area contributed by atoms with Gasteiger partial charge < -0.3 is 10.6 Å². The third-order valence-electron chi connectivity index (χ3n) is 6.81. The molecular weight excluding hydrogens is 381 g/mol.